The van der Waals surface area contributed by atoms with E-state index in [0.717, 1.165) is 33.8 Å². The summed E-state index contributed by atoms with van der Waals surface area (Å²) in [6, 6.07) is 9.75. The minimum absolute atomic E-state index is 0.176. The van der Waals surface area contributed by atoms with Crippen LogP contribution in [0.3, 0.4) is 0 Å². The number of esters is 1. The first kappa shape index (κ1) is 24.4. The molecule has 0 radical (unpaired) electrons. The third-order valence-electron chi connectivity index (χ3n) is 6.49. The summed E-state index contributed by atoms with van der Waals surface area (Å²) in [7, 11) is 3.87. The fourth-order valence-electron chi connectivity index (χ4n) is 4.74. The normalized spacial score (nSPS) is 16.6. The summed E-state index contributed by atoms with van der Waals surface area (Å²) >= 11 is 0. The quantitative estimate of drug-likeness (QED) is 0.518. The molecule has 184 valence electrons. The molecule has 0 fully saturated rings. The average Bonchev–Trinajstić information content (AvgIpc) is 3.16. The van der Waals surface area contributed by atoms with Gasteiger partial charge in [-0.3, -0.25) is 14.2 Å². The predicted molar refractivity (Wildman–Crippen MR) is 138 cm³/mol. The zero-order valence-corrected chi connectivity index (χ0v) is 21.3. The Labute approximate surface area is 206 Å². The lowest BCUT2D eigenvalue weighted by Crippen LogP contribution is -2.32. The third-order valence-corrected chi connectivity index (χ3v) is 6.49. The van der Waals surface area contributed by atoms with E-state index < -0.39 is 0 Å². The molecule has 0 spiro atoms. The number of pyridine rings is 1. The van der Waals surface area contributed by atoms with Gasteiger partial charge in [-0.25, -0.2) is 9.97 Å². The molecule has 2 heterocycles. The van der Waals surface area contributed by atoms with E-state index in [1.54, 1.807) is 10.8 Å². The summed E-state index contributed by atoms with van der Waals surface area (Å²) in [5.74, 6) is 1.17. The van der Waals surface area contributed by atoms with Crippen molar-refractivity contribution in [2.24, 2.45) is 0 Å². The predicted octanol–water partition coefficient (Wildman–Crippen LogP) is 3.90. The maximum absolute atomic E-state index is 13.7. The van der Waals surface area contributed by atoms with Crippen molar-refractivity contribution in [3.05, 3.63) is 69.3 Å². The standard InChI is InChI=1S/C27H33N5O3/c1-7-21-26(30-24-19-12-10-9-11-18(19)14-22(24)35-17(4)33)32(8-2)27(34)25(29-21)20-15-28-23(31(5)6)13-16(20)3/h9-13,15,22,24,30H,7-8,14H2,1-6H3/t22-,24-/m0/s1. The zero-order chi connectivity index (χ0) is 25.3. The average molecular weight is 476 g/mol. The number of hydrogen-bond donors (Lipinski definition) is 1. The summed E-state index contributed by atoms with van der Waals surface area (Å²) in [5, 5.41) is 3.55. The second-order valence-corrected chi connectivity index (χ2v) is 9.08. The van der Waals surface area contributed by atoms with Gasteiger partial charge in [-0.05, 0) is 43.0 Å². The van der Waals surface area contributed by atoms with Gasteiger partial charge in [0.15, 0.2) is 0 Å². The number of rotatable bonds is 7. The van der Waals surface area contributed by atoms with Gasteiger partial charge in [-0.1, -0.05) is 31.2 Å². The minimum Gasteiger partial charge on any atom is -0.460 e. The Morgan fingerprint density at radius 3 is 2.63 bits per heavy atom. The van der Waals surface area contributed by atoms with Gasteiger partial charge < -0.3 is 15.0 Å². The lowest BCUT2D eigenvalue weighted by molar-refractivity contribution is -0.146. The molecular formula is C27H33N5O3. The van der Waals surface area contributed by atoms with Crippen molar-refractivity contribution < 1.29 is 9.53 Å². The van der Waals surface area contributed by atoms with E-state index in [-0.39, 0.29) is 23.7 Å². The van der Waals surface area contributed by atoms with E-state index in [0.29, 0.717) is 30.9 Å². The third kappa shape index (κ3) is 4.65. The van der Waals surface area contributed by atoms with Crippen LogP contribution in [0, 0.1) is 6.92 Å². The van der Waals surface area contributed by atoms with Gasteiger partial charge >= 0.3 is 5.97 Å². The van der Waals surface area contributed by atoms with Crippen molar-refractivity contribution in [2.75, 3.05) is 24.3 Å². The number of hydrogen-bond acceptors (Lipinski definition) is 7. The maximum atomic E-state index is 13.7. The Hall–Kier alpha value is -3.68. The van der Waals surface area contributed by atoms with Crippen LogP contribution in [0.2, 0.25) is 0 Å². The topological polar surface area (TPSA) is 89.3 Å². The fourth-order valence-corrected chi connectivity index (χ4v) is 4.74. The number of nitrogens with zero attached hydrogens (tertiary/aromatic N) is 4. The van der Waals surface area contributed by atoms with E-state index in [2.05, 4.69) is 16.4 Å². The van der Waals surface area contributed by atoms with Gasteiger partial charge in [0.05, 0.1) is 11.7 Å². The summed E-state index contributed by atoms with van der Waals surface area (Å²) in [4.78, 5) is 36.8. The Kier molecular flexibility index (Phi) is 6.91. The van der Waals surface area contributed by atoms with Gasteiger partial charge in [0.2, 0.25) is 0 Å². The molecule has 4 rings (SSSR count). The first-order valence-corrected chi connectivity index (χ1v) is 12.0. The van der Waals surface area contributed by atoms with Crippen molar-refractivity contribution in [1.29, 1.82) is 0 Å². The Balaban J connectivity index is 1.81. The van der Waals surface area contributed by atoms with Crippen LogP contribution in [0.1, 0.15) is 49.2 Å². The SMILES string of the molecule is CCc1nc(-c2cnc(N(C)C)cc2C)c(=O)n(CC)c1N[C@H]1c2ccccc2C[C@@H]1OC(C)=O. The van der Waals surface area contributed by atoms with E-state index in [9.17, 15) is 9.59 Å². The highest BCUT2D eigenvalue weighted by molar-refractivity contribution is 5.67. The molecule has 0 aliphatic heterocycles. The highest BCUT2D eigenvalue weighted by Crippen LogP contribution is 2.37. The molecule has 2 atom stereocenters. The van der Waals surface area contributed by atoms with E-state index in [1.165, 1.54) is 6.92 Å². The van der Waals surface area contributed by atoms with Crippen molar-refractivity contribution in [3.8, 4) is 11.3 Å². The number of nitrogens with one attached hydrogen (secondary N) is 1. The first-order chi connectivity index (χ1) is 16.7. The molecule has 0 saturated heterocycles. The summed E-state index contributed by atoms with van der Waals surface area (Å²) in [6.07, 6.45) is 2.62. The zero-order valence-electron chi connectivity index (χ0n) is 21.3. The van der Waals surface area contributed by atoms with Crippen LogP contribution >= 0.6 is 0 Å². The molecular weight excluding hydrogens is 442 g/mol. The van der Waals surface area contributed by atoms with Crippen LogP contribution in [0.25, 0.3) is 11.3 Å². The lowest BCUT2D eigenvalue weighted by atomic mass is 10.1. The highest BCUT2D eigenvalue weighted by atomic mass is 16.5. The molecule has 8 heteroatoms. The molecule has 2 aromatic heterocycles. The number of anilines is 2. The highest BCUT2D eigenvalue weighted by Gasteiger charge is 2.36. The lowest BCUT2D eigenvalue weighted by Gasteiger charge is -2.26. The smallest absolute Gasteiger partial charge is 0.302 e. The molecule has 0 bridgehead atoms. The van der Waals surface area contributed by atoms with E-state index in [4.69, 9.17) is 9.72 Å². The molecule has 1 aromatic carbocycles. The largest absolute Gasteiger partial charge is 0.460 e. The molecule has 1 N–H and O–H groups in total. The minimum atomic E-state index is -0.361. The van der Waals surface area contributed by atoms with Crippen LogP contribution in [-0.4, -0.2) is 40.7 Å². The van der Waals surface area contributed by atoms with Gasteiger partial charge in [0.1, 0.15) is 23.4 Å². The van der Waals surface area contributed by atoms with Crippen molar-refractivity contribution in [1.82, 2.24) is 14.5 Å². The Bertz CT molecular complexity index is 1310. The number of aryl methyl sites for hydroxylation is 2. The van der Waals surface area contributed by atoms with Gasteiger partial charge in [-0.15, -0.1) is 0 Å². The van der Waals surface area contributed by atoms with Crippen LogP contribution < -0.4 is 15.8 Å². The number of carbonyl (C=O) groups excluding carboxylic acids is 1. The van der Waals surface area contributed by atoms with Gasteiger partial charge in [0.25, 0.3) is 5.56 Å². The summed E-state index contributed by atoms with van der Waals surface area (Å²) in [5.41, 5.74) is 4.87. The van der Waals surface area contributed by atoms with E-state index >= 15 is 0 Å². The first-order valence-electron chi connectivity index (χ1n) is 12.0. The number of aromatic nitrogens is 3. The van der Waals surface area contributed by atoms with Crippen molar-refractivity contribution >= 4 is 17.6 Å². The van der Waals surface area contributed by atoms with E-state index in [1.807, 2.05) is 64.0 Å². The number of fused-ring (bicyclic) bond motifs is 1. The van der Waals surface area contributed by atoms with Gasteiger partial charge in [-0.2, -0.15) is 0 Å². The molecule has 1 aliphatic carbocycles. The van der Waals surface area contributed by atoms with Crippen LogP contribution in [0.5, 0.6) is 0 Å². The number of benzene rings is 1. The molecule has 35 heavy (non-hydrogen) atoms. The van der Waals surface area contributed by atoms with Crippen LogP contribution in [0.4, 0.5) is 11.6 Å². The summed E-state index contributed by atoms with van der Waals surface area (Å²) < 4.78 is 7.40. The molecule has 0 unspecified atom stereocenters. The summed E-state index contributed by atoms with van der Waals surface area (Å²) in [6.45, 7) is 7.83. The van der Waals surface area contributed by atoms with Gasteiger partial charge in [0, 0.05) is 45.7 Å². The second kappa shape index (κ2) is 9.90. The Morgan fingerprint density at radius 1 is 1.26 bits per heavy atom. The second-order valence-electron chi connectivity index (χ2n) is 9.08. The van der Waals surface area contributed by atoms with Crippen molar-refractivity contribution in [3.63, 3.8) is 0 Å². The van der Waals surface area contributed by atoms with Crippen LogP contribution in [0.15, 0.2) is 41.3 Å². The molecule has 0 amide bonds. The number of carbonyl (C=O) groups is 1. The molecule has 1 aliphatic rings. The maximum Gasteiger partial charge on any atom is 0.302 e. The number of ether oxygens (including phenoxy) is 1. The Morgan fingerprint density at radius 2 is 2.00 bits per heavy atom. The molecule has 3 aromatic rings. The fraction of sp³-hybridized carbons (Fsp3) is 0.407. The van der Waals surface area contributed by atoms with Crippen molar-refractivity contribution in [2.45, 2.75) is 59.2 Å². The molecule has 0 saturated carbocycles. The molecule has 8 nitrogen and oxygen atoms in total. The monoisotopic (exact) mass is 475 g/mol. The van der Waals surface area contributed by atoms with Crippen LogP contribution in [-0.2, 0) is 28.9 Å².